The molecule has 2 nitrogen and oxygen atoms in total. The van der Waals surface area contributed by atoms with Crippen LogP contribution in [-0.4, -0.2) is 11.0 Å². The molecule has 4 heteroatoms. The van der Waals surface area contributed by atoms with Crippen molar-refractivity contribution in [2.45, 2.75) is 0 Å². The maximum absolute atomic E-state index is 4.20. The average Bonchev–Trinajstić information content (AvgIpc) is 1.00. The first-order valence-corrected chi connectivity index (χ1v) is 1.41. The summed E-state index contributed by atoms with van der Waals surface area (Å²) in [5, 5.41) is 0. The molecule has 0 unspecified atom stereocenters. The first-order chi connectivity index (χ1) is 1.00. The third-order valence-corrected chi connectivity index (χ3v) is 0. The fourth-order valence-corrected chi connectivity index (χ4v) is 0. The second-order valence-electron chi connectivity index (χ2n) is 0. The first kappa shape index (κ1) is 22.0. The summed E-state index contributed by atoms with van der Waals surface area (Å²) < 4.78 is 0. The van der Waals surface area contributed by atoms with Gasteiger partial charge < -0.3 is 11.0 Å². The van der Waals surface area contributed by atoms with Crippen LogP contribution in [0.25, 0.3) is 0 Å². The molecule has 4 N–H and O–H groups in total. The van der Waals surface area contributed by atoms with Crippen molar-refractivity contribution in [2.24, 2.45) is 0 Å². The zero-order chi connectivity index (χ0) is 2.00. The second kappa shape index (κ2) is 52.2. The van der Waals surface area contributed by atoms with Gasteiger partial charge >= 0.3 is 25.2 Å². The summed E-state index contributed by atoms with van der Waals surface area (Å²) in [7, 11) is 4.20. The molecule has 0 spiro atoms. The van der Waals surface area contributed by atoms with E-state index in [4.69, 9.17) is 0 Å². The summed E-state index contributed by atoms with van der Waals surface area (Å²) in [6, 6.07) is 0. The Morgan fingerprint density at radius 1 is 1.00 bits per heavy atom. The first-order valence-electron chi connectivity index (χ1n) is 0.114. The van der Waals surface area contributed by atoms with Crippen molar-refractivity contribution in [1.82, 2.24) is 0 Å². The standard InChI is InChI=1S/ClH.Cu.2H2O/h1H;;2*1H2/q;+1;;/p-1. The normalized spacial score (nSPS) is 1.75. The van der Waals surface area contributed by atoms with E-state index in [2.05, 4.69) is 25.2 Å². The van der Waals surface area contributed by atoms with Crippen LogP contribution < -0.4 is 0 Å². The third kappa shape index (κ3) is 15.3. The summed E-state index contributed by atoms with van der Waals surface area (Å²) in [5.74, 6) is 0. The van der Waals surface area contributed by atoms with E-state index in [1.165, 1.54) is 0 Å². The molecule has 34 valence electrons. The van der Waals surface area contributed by atoms with Crippen molar-refractivity contribution in [3.8, 4) is 0 Å². The fourth-order valence-electron chi connectivity index (χ4n) is 0. The zero-order valence-corrected chi connectivity index (χ0v) is 3.38. The average molecular weight is 135 g/mol. The molecule has 4 heavy (non-hydrogen) atoms. The number of rotatable bonds is 0. The summed E-state index contributed by atoms with van der Waals surface area (Å²) >= 11 is 3.66. The van der Waals surface area contributed by atoms with Gasteiger partial charge in [0, 0.05) is 0 Å². The minimum atomic E-state index is 0. The van der Waals surface area contributed by atoms with Crippen molar-refractivity contribution < 1.29 is 26.1 Å². The van der Waals surface area contributed by atoms with Crippen LogP contribution in [0.3, 0.4) is 0 Å². The molecule has 0 heterocycles. The molecule has 0 bridgehead atoms. The van der Waals surface area contributed by atoms with Crippen LogP contribution in [0.1, 0.15) is 0 Å². The molecular formula is H4ClCuO2. The molecule has 0 aromatic heterocycles. The summed E-state index contributed by atoms with van der Waals surface area (Å²) in [6.45, 7) is 0. The fraction of sp³-hybridized carbons (Fsp3) is 0. The SMILES string of the molecule is O.O.[Cl][Cu]. The van der Waals surface area contributed by atoms with E-state index in [0.717, 1.165) is 0 Å². The van der Waals surface area contributed by atoms with Gasteiger partial charge in [0.25, 0.3) is 0 Å². The van der Waals surface area contributed by atoms with Crippen molar-refractivity contribution in [2.75, 3.05) is 0 Å². The molecule has 0 fully saturated rings. The Hall–Kier alpha value is 0.729. The van der Waals surface area contributed by atoms with Gasteiger partial charge in [-0.2, -0.15) is 0 Å². The van der Waals surface area contributed by atoms with Crippen LogP contribution in [0.2, 0.25) is 0 Å². The van der Waals surface area contributed by atoms with E-state index >= 15 is 0 Å². The van der Waals surface area contributed by atoms with Gasteiger partial charge in [0.1, 0.15) is 0 Å². The Bertz CT molecular complexity index is 6.00. The molecule has 0 saturated heterocycles. The van der Waals surface area contributed by atoms with E-state index in [-0.39, 0.29) is 11.0 Å². The van der Waals surface area contributed by atoms with Crippen LogP contribution in [0.15, 0.2) is 0 Å². The van der Waals surface area contributed by atoms with Crippen molar-refractivity contribution in [1.29, 1.82) is 0 Å². The summed E-state index contributed by atoms with van der Waals surface area (Å²) in [6.07, 6.45) is 0. The van der Waals surface area contributed by atoms with Crippen LogP contribution >= 0.6 is 10.1 Å². The van der Waals surface area contributed by atoms with Crippen LogP contribution in [0.5, 0.6) is 0 Å². The van der Waals surface area contributed by atoms with E-state index in [0.29, 0.717) is 0 Å². The van der Waals surface area contributed by atoms with E-state index in [9.17, 15) is 0 Å². The monoisotopic (exact) mass is 134 g/mol. The van der Waals surface area contributed by atoms with Crippen molar-refractivity contribution >= 4 is 10.1 Å². The topological polar surface area (TPSA) is 63.0 Å². The maximum atomic E-state index is 4.20. The minimum absolute atomic E-state index is 0. The predicted octanol–water partition coefficient (Wildman–Crippen LogP) is -0.962. The van der Waals surface area contributed by atoms with Crippen LogP contribution in [0.4, 0.5) is 0 Å². The molecule has 0 aromatic carbocycles. The third-order valence-electron chi connectivity index (χ3n) is 0. The Morgan fingerprint density at radius 3 is 1.00 bits per heavy atom. The number of hydrogen-bond acceptors (Lipinski definition) is 0. The van der Waals surface area contributed by atoms with Crippen LogP contribution in [-0.2, 0) is 15.1 Å². The van der Waals surface area contributed by atoms with Gasteiger partial charge in [-0.1, -0.05) is 0 Å². The van der Waals surface area contributed by atoms with Gasteiger partial charge in [-0.05, 0) is 0 Å². The van der Waals surface area contributed by atoms with Crippen LogP contribution in [0, 0.1) is 0 Å². The van der Waals surface area contributed by atoms with Gasteiger partial charge in [0.2, 0.25) is 0 Å². The van der Waals surface area contributed by atoms with E-state index in [1.807, 2.05) is 0 Å². The Morgan fingerprint density at radius 2 is 1.00 bits per heavy atom. The van der Waals surface area contributed by atoms with Gasteiger partial charge in [0.15, 0.2) is 0 Å². The molecule has 0 aromatic rings. The van der Waals surface area contributed by atoms with E-state index in [1.54, 1.807) is 0 Å². The Balaban J connectivity index is -0.00000000500. The molecule has 0 aliphatic rings. The summed E-state index contributed by atoms with van der Waals surface area (Å²) in [5.41, 5.74) is 0. The van der Waals surface area contributed by atoms with E-state index < -0.39 is 0 Å². The molecule has 0 aliphatic carbocycles. The van der Waals surface area contributed by atoms with Gasteiger partial charge in [-0.25, -0.2) is 0 Å². The molecule has 0 atom stereocenters. The number of hydrogen-bond donors (Lipinski definition) is 0. The molecule has 0 aliphatic heterocycles. The molecule has 0 rings (SSSR count). The quantitative estimate of drug-likeness (QED) is 0.384. The Labute approximate surface area is 36.8 Å². The second-order valence-corrected chi connectivity index (χ2v) is 0. The Kier molecular flexibility index (Phi) is 287. The molecule has 0 saturated carbocycles. The molecule has 0 amide bonds. The summed E-state index contributed by atoms with van der Waals surface area (Å²) in [4.78, 5) is 0. The van der Waals surface area contributed by atoms with Gasteiger partial charge in [-0.3, -0.25) is 0 Å². The molecular weight excluding hydrogens is 131 g/mol. The zero-order valence-electron chi connectivity index (χ0n) is 1.68. The number of halogens is 1. The molecule has 0 radical (unpaired) electrons. The van der Waals surface area contributed by atoms with Gasteiger partial charge in [0.05, 0.1) is 0 Å². The van der Waals surface area contributed by atoms with Gasteiger partial charge in [-0.15, -0.1) is 0 Å². The van der Waals surface area contributed by atoms with Crippen molar-refractivity contribution in [3.05, 3.63) is 0 Å². The van der Waals surface area contributed by atoms with Crippen molar-refractivity contribution in [3.63, 3.8) is 0 Å². The predicted molar refractivity (Wildman–Crippen MR) is 13.1 cm³/mol.